The third-order valence-corrected chi connectivity index (χ3v) is 9.39. The maximum Gasteiger partial charge on any atom is 0.240 e. The largest absolute Gasteiger partial charge is 0.240 e. The minimum absolute atomic E-state index is 0.116. The lowest BCUT2D eigenvalue weighted by Gasteiger charge is -2.18. The molecule has 0 fully saturated rings. The van der Waals surface area contributed by atoms with E-state index in [0.717, 1.165) is 23.3 Å². The molecule has 0 aliphatic heterocycles. The number of thiophene rings is 1. The Balaban J connectivity index is 1.90. The third-order valence-electron chi connectivity index (χ3n) is 4.42. The van der Waals surface area contributed by atoms with Crippen LogP contribution in [0.2, 0.25) is 0 Å². The van der Waals surface area contributed by atoms with Crippen molar-refractivity contribution in [2.45, 2.75) is 27.7 Å². The molecule has 3 aromatic rings. The fourth-order valence-corrected chi connectivity index (χ4v) is 6.83. The van der Waals surface area contributed by atoms with Gasteiger partial charge in [0.2, 0.25) is 10.0 Å². The molecule has 0 unspecified atom stereocenters. The van der Waals surface area contributed by atoms with E-state index in [1.54, 1.807) is 53.9 Å². The third kappa shape index (κ3) is 4.52. The van der Waals surface area contributed by atoms with Gasteiger partial charge in [0.25, 0.3) is 0 Å². The molecule has 5 nitrogen and oxygen atoms in total. The molecule has 148 valence electrons. The van der Waals surface area contributed by atoms with E-state index in [-0.39, 0.29) is 15.6 Å². The van der Waals surface area contributed by atoms with Crippen molar-refractivity contribution in [2.24, 2.45) is 0 Å². The Morgan fingerprint density at radius 2 is 1.57 bits per heavy atom. The Kier molecular flexibility index (Phi) is 6.34. The molecule has 1 atom stereocenters. The Labute approximate surface area is 170 Å². The summed E-state index contributed by atoms with van der Waals surface area (Å²) in [6.45, 7) is 1.74. The van der Waals surface area contributed by atoms with E-state index in [1.165, 1.54) is 18.2 Å². The average molecular weight is 436 g/mol. The molecule has 3 rings (SSSR count). The lowest BCUT2D eigenvalue weighted by Crippen LogP contribution is -2.31. The van der Waals surface area contributed by atoms with Crippen LogP contribution in [0.5, 0.6) is 0 Å². The topological polar surface area (TPSA) is 80.3 Å². The van der Waals surface area contributed by atoms with Crippen molar-refractivity contribution in [2.75, 3.05) is 6.54 Å². The van der Waals surface area contributed by atoms with Crippen LogP contribution in [-0.4, -0.2) is 23.4 Å². The molecule has 0 amide bonds. The Bertz CT molecular complexity index is 1110. The summed E-state index contributed by atoms with van der Waals surface area (Å²) in [6, 6.07) is 18.4. The molecule has 28 heavy (non-hydrogen) atoms. The maximum absolute atomic E-state index is 13.1. The van der Waals surface area contributed by atoms with Gasteiger partial charge in [-0.1, -0.05) is 55.5 Å². The molecule has 2 aromatic carbocycles. The van der Waals surface area contributed by atoms with Crippen molar-refractivity contribution in [1.82, 2.24) is 4.72 Å². The van der Waals surface area contributed by atoms with Gasteiger partial charge < -0.3 is 0 Å². The van der Waals surface area contributed by atoms with Crippen LogP contribution in [0.25, 0.3) is 0 Å². The summed E-state index contributed by atoms with van der Waals surface area (Å²) in [7, 11) is -7.56. The number of sulfonamides is 1. The van der Waals surface area contributed by atoms with Gasteiger partial charge in [-0.2, -0.15) is 0 Å². The van der Waals surface area contributed by atoms with Crippen molar-refractivity contribution in [3.8, 4) is 0 Å². The SMILES string of the molecule is CCc1ccc(S(=O)(=O)NC[C@@H](c2ccccc2)S(=O)(=O)c2cccs2)cc1. The molecule has 1 N–H and O–H groups in total. The Morgan fingerprint density at radius 3 is 2.14 bits per heavy atom. The van der Waals surface area contributed by atoms with E-state index in [9.17, 15) is 16.8 Å². The summed E-state index contributed by atoms with van der Waals surface area (Å²) in [4.78, 5) is 0.116. The van der Waals surface area contributed by atoms with Crippen LogP contribution in [-0.2, 0) is 26.3 Å². The highest BCUT2D eigenvalue weighted by Crippen LogP contribution is 2.31. The first kappa shape index (κ1) is 20.7. The lowest BCUT2D eigenvalue weighted by atomic mass is 10.1. The Hall–Kier alpha value is -2.00. The summed E-state index contributed by atoms with van der Waals surface area (Å²) in [5, 5.41) is 0.672. The molecule has 0 radical (unpaired) electrons. The van der Waals surface area contributed by atoms with Crippen LogP contribution in [0.3, 0.4) is 0 Å². The summed E-state index contributed by atoms with van der Waals surface area (Å²) in [6.07, 6.45) is 0.808. The molecule has 1 heterocycles. The number of rotatable bonds is 8. The predicted octanol–water partition coefficient (Wildman–Crippen LogP) is 3.80. The van der Waals surface area contributed by atoms with Crippen molar-refractivity contribution < 1.29 is 16.8 Å². The summed E-state index contributed by atoms with van der Waals surface area (Å²) in [5.74, 6) is 0. The number of aryl methyl sites for hydroxylation is 1. The number of hydrogen-bond acceptors (Lipinski definition) is 5. The van der Waals surface area contributed by atoms with Crippen molar-refractivity contribution in [1.29, 1.82) is 0 Å². The van der Waals surface area contributed by atoms with E-state index in [1.807, 2.05) is 6.92 Å². The zero-order valence-electron chi connectivity index (χ0n) is 15.3. The summed E-state index contributed by atoms with van der Waals surface area (Å²) < 4.78 is 54.3. The van der Waals surface area contributed by atoms with Gasteiger partial charge in [-0.05, 0) is 41.1 Å². The second kappa shape index (κ2) is 8.57. The number of nitrogens with one attached hydrogen (secondary N) is 1. The monoisotopic (exact) mass is 435 g/mol. The molecule has 0 saturated carbocycles. The molecule has 0 spiro atoms. The van der Waals surface area contributed by atoms with Crippen molar-refractivity contribution >= 4 is 31.2 Å². The van der Waals surface area contributed by atoms with Gasteiger partial charge in [0, 0.05) is 6.54 Å². The van der Waals surface area contributed by atoms with E-state index < -0.39 is 25.1 Å². The van der Waals surface area contributed by atoms with Crippen molar-refractivity contribution in [3.05, 3.63) is 83.2 Å². The molecule has 0 saturated heterocycles. The molecular weight excluding hydrogens is 414 g/mol. The summed E-state index contributed by atoms with van der Waals surface area (Å²) in [5.41, 5.74) is 1.57. The number of sulfone groups is 1. The van der Waals surface area contributed by atoms with Crippen LogP contribution in [0, 0.1) is 0 Å². The fourth-order valence-electron chi connectivity index (χ4n) is 2.81. The fraction of sp³-hybridized carbons (Fsp3) is 0.200. The van der Waals surface area contributed by atoms with Crippen LogP contribution < -0.4 is 4.72 Å². The van der Waals surface area contributed by atoms with Gasteiger partial charge in [-0.3, -0.25) is 0 Å². The average Bonchev–Trinajstić information content (AvgIpc) is 3.24. The van der Waals surface area contributed by atoms with E-state index >= 15 is 0 Å². The first-order chi connectivity index (χ1) is 13.3. The number of hydrogen-bond donors (Lipinski definition) is 1. The van der Waals surface area contributed by atoms with E-state index in [2.05, 4.69) is 4.72 Å². The first-order valence-corrected chi connectivity index (χ1v) is 12.7. The smallest absolute Gasteiger partial charge is 0.222 e. The van der Waals surface area contributed by atoms with Gasteiger partial charge in [0.1, 0.15) is 9.46 Å². The van der Waals surface area contributed by atoms with Gasteiger partial charge in [-0.15, -0.1) is 11.3 Å². The van der Waals surface area contributed by atoms with E-state index in [4.69, 9.17) is 0 Å². The maximum atomic E-state index is 13.1. The molecule has 0 aliphatic carbocycles. The highest BCUT2D eigenvalue weighted by molar-refractivity contribution is 7.93. The minimum Gasteiger partial charge on any atom is -0.222 e. The minimum atomic E-state index is -3.83. The second-order valence-electron chi connectivity index (χ2n) is 6.23. The highest BCUT2D eigenvalue weighted by Gasteiger charge is 2.31. The van der Waals surface area contributed by atoms with E-state index in [0.29, 0.717) is 5.56 Å². The van der Waals surface area contributed by atoms with Gasteiger partial charge >= 0.3 is 0 Å². The molecule has 0 aliphatic rings. The Morgan fingerprint density at radius 1 is 0.893 bits per heavy atom. The summed E-state index contributed by atoms with van der Waals surface area (Å²) >= 11 is 1.12. The zero-order chi connectivity index (χ0) is 20.2. The first-order valence-electron chi connectivity index (χ1n) is 8.75. The molecular formula is C20H21NO4S3. The standard InChI is InChI=1S/C20H21NO4S3/c1-2-16-10-12-18(13-11-16)28(24,25)21-15-19(17-7-4-3-5-8-17)27(22,23)20-9-6-14-26-20/h3-14,19,21H,2,15H2,1H3/t19-/m0/s1. The second-order valence-corrected chi connectivity index (χ2v) is 11.3. The quantitative estimate of drug-likeness (QED) is 0.584. The highest BCUT2D eigenvalue weighted by atomic mass is 32.2. The van der Waals surface area contributed by atoms with Crippen LogP contribution in [0.15, 0.2) is 81.2 Å². The van der Waals surface area contributed by atoms with Crippen LogP contribution in [0.4, 0.5) is 0 Å². The van der Waals surface area contributed by atoms with Gasteiger partial charge in [-0.25, -0.2) is 21.6 Å². The van der Waals surface area contributed by atoms with Crippen LogP contribution >= 0.6 is 11.3 Å². The van der Waals surface area contributed by atoms with Gasteiger partial charge in [0.15, 0.2) is 9.84 Å². The predicted molar refractivity (Wildman–Crippen MR) is 112 cm³/mol. The molecule has 8 heteroatoms. The lowest BCUT2D eigenvalue weighted by molar-refractivity contribution is 0.570. The van der Waals surface area contributed by atoms with Gasteiger partial charge in [0.05, 0.1) is 4.90 Å². The van der Waals surface area contributed by atoms with Crippen LogP contribution in [0.1, 0.15) is 23.3 Å². The zero-order valence-corrected chi connectivity index (χ0v) is 17.7. The molecule has 0 bridgehead atoms. The normalized spacial score (nSPS) is 13.3. The number of benzene rings is 2. The molecule has 1 aromatic heterocycles. The van der Waals surface area contributed by atoms with Crippen molar-refractivity contribution in [3.63, 3.8) is 0 Å².